The third-order valence-electron chi connectivity index (χ3n) is 5.45. The molecule has 0 radical (unpaired) electrons. The van der Waals surface area contributed by atoms with Crippen LogP contribution in [0.25, 0.3) is 0 Å². The summed E-state index contributed by atoms with van der Waals surface area (Å²) >= 11 is 0. The summed E-state index contributed by atoms with van der Waals surface area (Å²) in [7, 11) is 0. The Kier molecular flexibility index (Phi) is 23.2. The summed E-state index contributed by atoms with van der Waals surface area (Å²) in [5.74, 6) is -0.993. The molecule has 0 aliphatic carbocycles. The number of aliphatic hydroxyl groups excluding tert-OH is 1. The zero-order valence-corrected chi connectivity index (χ0v) is 20.8. The fourth-order valence-corrected chi connectivity index (χ4v) is 3.49. The van der Waals surface area contributed by atoms with E-state index in [1.54, 1.807) is 0 Å². The van der Waals surface area contributed by atoms with Gasteiger partial charge in [0.2, 0.25) is 0 Å². The van der Waals surface area contributed by atoms with E-state index in [1.807, 2.05) is 0 Å². The molecule has 0 saturated heterocycles. The summed E-state index contributed by atoms with van der Waals surface area (Å²) < 4.78 is 10.2. The van der Waals surface area contributed by atoms with Gasteiger partial charge < -0.3 is 19.5 Å². The number of rotatable bonds is 23. The highest BCUT2D eigenvalue weighted by atomic mass is 16.5. The van der Waals surface area contributed by atoms with E-state index >= 15 is 0 Å². The molecule has 0 heterocycles. The van der Waals surface area contributed by atoms with E-state index < -0.39 is 11.9 Å². The van der Waals surface area contributed by atoms with Gasteiger partial charge in [-0.1, -0.05) is 78.1 Å². The van der Waals surface area contributed by atoms with Crippen molar-refractivity contribution in [3.8, 4) is 0 Å². The first kappa shape index (κ1) is 30.6. The van der Waals surface area contributed by atoms with Crippen molar-refractivity contribution in [2.45, 2.75) is 104 Å². The van der Waals surface area contributed by atoms with E-state index in [0.717, 1.165) is 83.2 Å². The van der Waals surface area contributed by atoms with Gasteiger partial charge in [0.1, 0.15) is 0 Å². The van der Waals surface area contributed by atoms with Crippen molar-refractivity contribution in [2.75, 3.05) is 39.5 Å². The summed E-state index contributed by atoms with van der Waals surface area (Å²) in [5.41, 5.74) is 0. The molecule has 0 fully saturated rings. The van der Waals surface area contributed by atoms with Gasteiger partial charge in [0.05, 0.1) is 19.8 Å². The number of nitrogens with zero attached hydrogens (tertiary/aromatic N) is 1. The van der Waals surface area contributed by atoms with Gasteiger partial charge in [-0.25, -0.2) is 9.59 Å². The van der Waals surface area contributed by atoms with Gasteiger partial charge in [-0.15, -0.1) is 0 Å². The van der Waals surface area contributed by atoms with Crippen LogP contribution in [0.3, 0.4) is 0 Å². The van der Waals surface area contributed by atoms with Crippen LogP contribution < -0.4 is 0 Å². The zero-order chi connectivity index (χ0) is 23.7. The molecule has 0 unspecified atom stereocenters. The largest absolute Gasteiger partial charge is 0.463 e. The van der Waals surface area contributed by atoms with Gasteiger partial charge >= 0.3 is 11.9 Å². The lowest BCUT2D eigenvalue weighted by atomic mass is 10.1. The highest BCUT2D eigenvalue weighted by molar-refractivity contribution is 5.91. The van der Waals surface area contributed by atoms with Crippen molar-refractivity contribution < 1.29 is 24.2 Å². The highest BCUT2D eigenvalue weighted by Gasteiger charge is 2.05. The number of carbonyl (C=O) groups is 2. The first-order chi connectivity index (χ1) is 15.6. The van der Waals surface area contributed by atoms with E-state index in [-0.39, 0.29) is 6.61 Å². The maximum absolute atomic E-state index is 11.6. The summed E-state index contributed by atoms with van der Waals surface area (Å²) in [6.07, 6.45) is 18.2. The lowest BCUT2D eigenvalue weighted by Crippen LogP contribution is -2.29. The minimum absolute atomic E-state index is 0.214. The van der Waals surface area contributed by atoms with Gasteiger partial charge in [0, 0.05) is 18.7 Å². The fraction of sp³-hybridized carbons (Fsp3) is 0.846. The molecular weight excluding hydrogens is 406 g/mol. The van der Waals surface area contributed by atoms with Gasteiger partial charge in [-0.3, -0.25) is 0 Å². The van der Waals surface area contributed by atoms with Gasteiger partial charge in [-0.05, 0) is 38.8 Å². The summed E-state index contributed by atoms with van der Waals surface area (Å²) in [6.45, 7) is 8.17. The molecule has 0 saturated carbocycles. The Balaban J connectivity index is 3.67. The van der Waals surface area contributed by atoms with Crippen LogP contribution in [0.2, 0.25) is 0 Å². The molecule has 0 atom stereocenters. The van der Waals surface area contributed by atoms with E-state index in [0.29, 0.717) is 13.2 Å². The van der Waals surface area contributed by atoms with Crippen LogP contribution in [0.1, 0.15) is 104 Å². The number of hydrogen-bond acceptors (Lipinski definition) is 6. The van der Waals surface area contributed by atoms with Gasteiger partial charge in [-0.2, -0.15) is 0 Å². The van der Waals surface area contributed by atoms with Crippen molar-refractivity contribution in [2.24, 2.45) is 0 Å². The first-order valence-electron chi connectivity index (χ1n) is 13.0. The van der Waals surface area contributed by atoms with E-state index in [4.69, 9.17) is 9.47 Å². The Labute approximate surface area is 196 Å². The Morgan fingerprint density at radius 3 is 1.50 bits per heavy atom. The van der Waals surface area contributed by atoms with Crippen LogP contribution in [0, 0.1) is 0 Å². The van der Waals surface area contributed by atoms with Crippen LogP contribution >= 0.6 is 0 Å². The average molecular weight is 456 g/mol. The fourth-order valence-electron chi connectivity index (χ4n) is 3.49. The van der Waals surface area contributed by atoms with Crippen LogP contribution in [0.5, 0.6) is 0 Å². The second kappa shape index (κ2) is 24.2. The number of aliphatic hydroxyl groups is 1. The number of ether oxygens (including phenoxy) is 2. The molecule has 0 amide bonds. The number of carbonyl (C=O) groups excluding carboxylic acids is 2. The molecular formula is C26H49NO5. The predicted octanol–water partition coefficient (Wildman–Crippen LogP) is 5.42. The van der Waals surface area contributed by atoms with Gasteiger partial charge in [0.15, 0.2) is 0 Å². The summed E-state index contributed by atoms with van der Waals surface area (Å²) in [5, 5.41) is 9.26. The molecule has 0 aromatic rings. The maximum atomic E-state index is 11.6. The smallest absolute Gasteiger partial charge is 0.331 e. The Morgan fingerprint density at radius 1 is 0.625 bits per heavy atom. The highest BCUT2D eigenvalue weighted by Crippen LogP contribution is 2.08. The number of hydrogen-bond donors (Lipinski definition) is 1. The monoisotopic (exact) mass is 455 g/mol. The van der Waals surface area contributed by atoms with Crippen molar-refractivity contribution in [1.82, 2.24) is 4.90 Å². The summed E-state index contributed by atoms with van der Waals surface area (Å²) in [6, 6.07) is 0. The molecule has 32 heavy (non-hydrogen) atoms. The number of esters is 2. The molecule has 0 spiro atoms. The van der Waals surface area contributed by atoms with Crippen molar-refractivity contribution in [3.05, 3.63) is 12.2 Å². The van der Waals surface area contributed by atoms with Crippen molar-refractivity contribution in [1.29, 1.82) is 0 Å². The van der Waals surface area contributed by atoms with E-state index in [9.17, 15) is 14.7 Å². The molecule has 0 rings (SSSR count). The number of unbranched alkanes of at least 4 members (excludes halogenated alkanes) is 11. The third kappa shape index (κ3) is 21.8. The molecule has 1 N–H and O–H groups in total. The zero-order valence-electron chi connectivity index (χ0n) is 20.8. The first-order valence-corrected chi connectivity index (χ1v) is 13.0. The molecule has 188 valence electrons. The normalized spacial score (nSPS) is 11.4. The quantitative estimate of drug-likeness (QED) is 0.126. The average Bonchev–Trinajstić information content (AvgIpc) is 2.79. The van der Waals surface area contributed by atoms with Crippen molar-refractivity contribution >= 4 is 11.9 Å². The third-order valence-corrected chi connectivity index (χ3v) is 5.45. The Morgan fingerprint density at radius 2 is 1.03 bits per heavy atom. The molecule has 6 heteroatoms. The standard InChI is InChI=1S/C26H49NO5/c1-3-5-7-9-10-13-19-27(21-22-28)20-14-11-12-16-24-32-26(30)18-17-25(29)31-23-15-8-6-4-2/h17-18,28H,3-16,19-24H2,1-2H3/b18-17-. The minimum Gasteiger partial charge on any atom is -0.463 e. The molecule has 6 nitrogen and oxygen atoms in total. The molecule has 0 aliphatic rings. The molecule has 0 bridgehead atoms. The molecule has 0 aromatic heterocycles. The van der Waals surface area contributed by atoms with Gasteiger partial charge in [0.25, 0.3) is 0 Å². The lowest BCUT2D eigenvalue weighted by molar-refractivity contribution is -0.140. The van der Waals surface area contributed by atoms with E-state index in [1.165, 1.54) is 38.5 Å². The van der Waals surface area contributed by atoms with Crippen LogP contribution in [-0.2, 0) is 19.1 Å². The molecule has 0 aromatic carbocycles. The SMILES string of the molecule is CCCCCCCCN(CCO)CCCCCCOC(=O)/C=C\C(=O)OCCCCCC. The van der Waals surface area contributed by atoms with Crippen LogP contribution in [-0.4, -0.2) is 61.4 Å². The lowest BCUT2D eigenvalue weighted by Gasteiger charge is -2.21. The Hall–Kier alpha value is -1.40. The van der Waals surface area contributed by atoms with E-state index in [2.05, 4.69) is 18.7 Å². The summed E-state index contributed by atoms with van der Waals surface area (Å²) in [4.78, 5) is 25.5. The maximum Gasteiger partial charge on any atom is 0.331 e. The van der Waals surface area contributed by atoms with Crippen molar-refractivity contribution in [3.63, 3.8) is 0 Å². The second-order valence-corrected chi connectivity index (χ2v) is 8.48. The topological polar surface area (TPSA) is 76.1 Å². The Bertz CT molecular complexity index is 467. The second-order valence-electron chi connectivity index (χ2n) is 8.48. The molecule has 0 aliphatic heterocycles. The minimum atomic E-state index is -0.499. The van der Waals surface area contributed by atoms with Crippen LogP contribution in [0.4, 0.5) is 0 Å². The van der Waals surface area contributed by atoms with Crippen LogP contribution in [0.15, 0.2) is 12.2 Å². The predicted molar refractivity (Wildman–Crippen MR) is 131 cm³/mol.